The average molecular weight is 441 g/mol. The lowest BCUT2D eigenvalue weighted by Gasteiger charge is -2.23. The van der Waals surface area contributed by atoms with Crippen molar-refractivity contribution in [2.45, 2.75) is 17.7 Å². The molecular formula is C19H28N4O4S2. The minimum atomic E-state index is -3.47. The fraction of sp³-hybridized carbons (Fsp3) is 0.421. The number of aliphatic imine (C=N–C) groups is 1. The number of guanidine groups is 1. The lowest BCUT2D eigenvalue weighted by Crippen LogP contribution is -2.39. The second-order valence-electron chi connectivity index (χ2n) is 6.10. The highest BCUT2D eigenvalue weighted by Crippen LogP contribution is 2.25. The van der Waals surface area contributed by atoms with Crippen molar-refractivity contribution in [3.8, 4) is 11.5 Å². The zero-order chi connectivity index (χ0) is 21.3. The SMILES string of the molecule is CCNC(=NCCNS(=O)(=O)c1cccs1)N(C)Cc1ccc(OC)cc1OC. The van der Waals surface area contributed by atoms with Gasteiger partial charge in [0.05, 0.1) is 20.8 Å². The molecule has 0 fully saturated rings. The number of nitrogens with one attached hydrogen (secondary N) is 2. The summed E-state index contributed by atoms with van der Waals surface area (Å²) in [6, 6.07) is 8.97. The summed E-state index contributed by atoms with van der Waals surface area (Å²) >= 11 is 1.19. The molecule has 0 amide bonds. The largest absolute Gasteiger partial charge is 0.497 e. The van der Waals surface area contributed by atoms with Crippen molar-refractivity contribution in [1.82, 2.24) is 14.9 Å². The number of thiophene rings is 1. The van der Waals surface area contributed by atoms with Gasteiger partial charge in [0.15, 0.2) is 5.96 Å². The molecule has 0 aliphatic heterocycles. The molecule has 2 N–H and O–H groups in total. The molecule has 29 heavy (non-hydrogen) atoms. The molecule has 0 saturated carbocycles. The first-order valence-corrected chi connectivity index (χ1v) is 11.5. The van der Waals surface area contributed by atoms with Crippen molar-refractivity contribution < 1.29 is 17.9 Å². The van der Waals surface area contributed by atoms with Gasteiger partial charge in [0, 0.05) is 38.3 Å². The summed E-state index contributed by atoms with van der Waals surface area (Å²) in [5, 5.41) is 4.96. The van der Waals surface area contributed by atoms with Crippen LogP contribution in [-0.2, 0) is 16.6 Å². The van der Waals surface area contributed by atoms with Crippen LogP contribution in [0.2, 0.25) is 0 Å². The second kappa shape index (κ2) is 11.0. The smallest absolute Gasteiger partial charge is 0.250 e. The minimum Gasteiger partial charge on any atom is -0.497 e. The normalized spacial score (nSPS) is 11.9. The standard InChI is InChI=1S/C19H28N4O4S2/c1-5-20-19(21-10-11-22-29(24,25)18-7-6-12-28-18)23(2)14-15-8-9-16(26-3)13-17(15)27-4/h6-9,12-13,22H,5,10-11,14H2,1-4H3,(H,20,21). The van der Waals surface area contributed by atoms with Crippen LogP contribution in [0, 0.1) is 0 Å². The summed E-state index contributed by atoms with van der Waals surface area (Å²) in [4.78, 5) is 6.49. The third kappa shape index (κ3) is 6.62. The fourth-order valence-corrected chi connectivity index (χ4v) is 4.67. The molecule has 160 valence electrons. The first kappa shape index (κ1) is 23.0. The number of nitrogens with zero attached hydrogens (tertiary/aromatic N) is 2. The molecule has 2 rings (SSSR count). The topological polar surface area (TPSA) is 92.3 Å². The van der Waals surface area contributed by atoms with Gasteiger partial charge in [-0.15, -0.1) is 11.3 Å². The van der Waals surface area contributed by atoms with Gasteiger partial charge in [-0.25, -0.2) is 13.1 Å². The molecule has 0 unspecified atom stereocenters. The molecule has 0 atom stereocenters. The number of hydrogen-bond donors (Lipinski definition) is 2. The summed E-state index contributed by atoms with van der Waals surface area (Å²) < 4.78 is 37.9. The van der Waals surface area contributed by atoms with Crippen molar-refractivity contribution >= 4 is 27.3 Å². The maximum atomic E-state index is 12.2. The van der Waals surface area contributed by atoms with Crippen LogP contribution in [0.4, 0.5) is 0 Å². The predicted molar refractivity (Wildman–Crippen MR) is 116 cm³/mol. The molecule has 1 aromatic carbocycles. The van der Waals surface area contributed by atoms with Crippen LogP contribution in [0.3, 0.4) is 0 Å². The van der Waals surface area contributed by atoms with Crippen LogP contribution in [0.15, 0.2) is 44.9 Å². The zero-order valence-electron chi connectivity index (χ0n) is 17.1. The van der Waals surface area contributed by atoms with E-state index in [1.807, 2.05) is 37.1 Å². The van der Waals surface area contributed by atoms with E-state index in [4.69, 9.17) is 9.47 Å². The Morgan fingerprint density at radius 1 is 1.24 bits per heavy atom. The minimum absolute atomic E-state index is 0.217. The van der Waals surface area contributed by atoms with Crippen LogP contribution in [0.25, 0.3) is 0 Å². The van der Waals surface area contributed by atoms with Gasteiger partial charge in [0.1, 0.15) is 15.7 Å². The van der Waals surface area contributed by atoms with Gasteiger partial charge in [-0.05, 0) is 30.5 Å². The summed E-state index contributed by atoms with van der Waals surface area (Å²) in [6.45, 7) is 3.78. The van der Waals surface area contributed by atoms with E-state index in [2.05, 4.69) is 15.0 Å². The van der Waals surface area contributed by atoms with E-state index in [1.54, 1.807) is 31.7 Å². The number of sulfonamides is 1. The summed E-state index contributed by atoms with van der Waals surface area (Å²) in [5.74, 6) is 2.14. The molecule has 0 aliphatic rings. The fourth-order valence-electron chi connectivity index (χ4n) is 2.61. The van der Waals surface area contributed by atoms with Gasteiger partial charge in [-0.3, -0.25) is 4.99 Å². The highest BCUT2D eigenvalue weighted by Gasteiger charge is 2.14. The third-order valence-corrected chi connectivity index (χ3v) is 6.88. The molecule has 0 bridgehead atoms. The van der Waals surface area contributed by atoms with Gasteiger partial charge < -0.3 is 19.7 Å². The number of rotatable bonds is 10. The number of benzene rings is 1. The van der Waals surface area contributed by atoms with Gasteiger partial charge in [-0.2, -0.15) is 0 Å². The van der Waals surface area contributed by atoms with Gasteiger partial charge >= 0.3 is 0 Å². The molecule has 1 heterocycles. The molecule has 1 aromatic heterocycles. The quantitative estimate of drug-likeness (QED) is 0.334. The number of hydrogen-bond acceptors (Lipinski definition) is 6. The van der Waals surface area contributed by atoms with Gasteiger partial charge in [-0.1, -0.05) is 6.07 Å². The lowest BCUT2D eigenvalue weighted by atomic mass is 10.2. The Hall–Kier alpha value is -2.30. The predicted octanol–water partition coefficient (Wildman–Crippen LogP) is 2.14. The van der Waals surface area contributed by atoms with Crippen LogP contribution in [-0.4, -0.2) is 60.2 Å². The van der Waals surface area contributed by atoms with Crippen molar-refractivity contribution in [2.75, 3.05) is 40.9 Å². The maximum absolute atomic E-state index is 12.2. The van der Waals surface area contributed by atoms with Gasteiger partial charge in [0.25, 0.3) is 0 Å². The van der Waals surface area contributed by atoms with E-state index in [-0.39, 0.29) is 6.54 Å². The first-order chi connectivity index (χ1) is 13.9. The molecule has 2 aromatic rings. The molecule has 0 radical (unpaired) electrons. The second-order valence-corrected chi connectivity index (χ2v) is 9.04. The van der Waals surface area contributed by atoms with Crippen LogP contribution >= 0.6 is 11.3 Å². The average Bonchev–Trinajstić information content (AvgIpc) is 3.26. The van der Waals surface area contributed by atoms with E-state index in [0.29, 0.717) is 29.8 Å². The van der Waals surface area contributed by atoms with E-state index in [1.165, 1.54) is 11.3 Å². The van der Waals surface area contributed by atoms with E-state index < -0.39 is 10.0 Å². The molecule has 10 heteroatoms. The Morgan fingerprint density at radius 3 is 2.66 bits per heavy atom. The Bertz CT molecular complexity index is 899. The number of ether oxygens (including phenoxy) is 2. The highest BCUT2D eigenvalue weighted by molar-refractivity contribution is 7.91. The first-order valence-electron chi connectivity index (χ1n) is 9.14. The Labute approximate surface area is 176 Å². The lowest BCUT2D eigenvalue weighted by molar-refractivity contribution is 0.382. The summed E-state index contributed by atoms with van der Waals surface area (Å²) in [6.07, 6.45) is 0. The number of methoxy groups -OCH3 is 2. The van der Waals surface area contributed by atoms with E-state index in [9.17, 15) is 8.42 Å². The molecule has 0 saturated heterocycles. The highest BCUT2D eigenvalue weighted by atomic mass is 32.2. The van der Waals surface area contributed by atoms with Crippen LogP contribution in [0.5, 0.6) is 11.5 Å². The monoisotopic (exact) mass is 440 g/mol. The van der Waals surface area contributed by atoms with Crippen LogP contribution < -0.4 is 19.5 Å². The van der Waals surface area contributed by atoms with Crippen molar-refractivity contribution in [3.63, 3.8) is 0 Å². The molecule has 8 nitrogen and oxygen atoms in total. The Morgan fingerprint density at radius 2 is 2.03 bits per heavy atom. The van der Waals surface area contributed by atoms with E-state index >= 15 is 0 Å². The Balaban J connectivity index is 2.00. The summed E-state index contributed by atoms with van der Waals surface area (Å²) in [7, 11) is 1.68. The molecule has 0 spiro atoms. The zero-order valence-corrected chi connectivity index (χ0v) is 18.8. The summed E-state index contributed by atoms with van der Waals surface area (Å²) in [5.41, 5.74) is 0.986. The maximum Gasteiger partial charge on any atom is 0.250 e. The molecular weight excluding hydrogens is 412 g/mol. The third-order valence-electron chi connectivity index (χ3n) is 4.02. The van der Waals surface area contributed by atoms with Crippen LogP contribution in [0.1, 0.15) is 12.5 Å². The Kier molecular flexibility index (Phi) is 8.74. The van der Waals surface area contributed by atoms with Crippen molar-refractivity contribution in [3.05, 3.63) is 41.3 Å². The van der Waals surface area contributed by atoms with E-state index in [0.717, 1.165) is 17.1 Å². The molecule has 0 aliphatic carbocycles. The van der Waals surface area contributed by atoms with Crippen molar-refractivity contribution in [1.29, 1.82) is 0 Å². The van der Waals surface area contributed by atoms with Crippen molar-refractivity contribution in [2.24, 2.45) is 4.99 Å². The van der Waals surface area contributed by atoms with Gasteiger partial charge in [0.2, 0.25) is 10.0 Å².